The predicted molar refractivity (Wildman–Crippen MR) is 84.6 cm³/mol. The van der Waals surface area contributed by atoms with Crippen molar-refractivity contribution in [3.8, 4) is 17.2 Å². The maximum Gasteiger partial charge on any atom is 0.144 e. The number of aliphatic hydroxyl groups is 1. The number of rotatable bonds is 6. The summed E-state index contributed by atoms with van der Waals surface area (Å²) in [6.07, 6.45) is 0. The van der Waals surface area contributed by atoms with Crippen LogP contribution in [0, 0.1) is 0 Å². The number of aliphatic hydroxyl groups excluding tert-OH is 1. The first kappa shape index (κ1) is 15.1. The van der Waals surface area contributed by atoms with Gasteiger partial charge in [0.25, 0.3) is 0 Å². The highest BCUT2D eigenvalue weighted by molar-refractivity contribution is 5.47. The lowest BCUT2D eigenvalue weighted by molar-refractivity contribution is 0.263. The fraction of sp³-hybridized carbons (Fsp3) is 0.176. The summed E-state index contributed by atoms with van der Waals surface area (Å²) in [4.78, 5) is 0. The highest BCUT2D eigenvalue weighted by Gasteiger charge is 2.17. The minimum absolute atomic E-state index is 0.206. The number of aromatic nitrogens is 3. The summed E-state index contributed by atoms with van der Waals surface area (Å²) in [6, 6.07) is 17.0. The minimum Gasteiger partial charge on any atom is -0.494 e. The van der Waals surface area contributed by atoms with Gasteiger partial charge >= 0.3 is 0 Å². The lowest BCUT2D eigenvalue weighted by Gasteiger charge is -2.12. The molecule has 0 fully saturated rings. The molecular weight excluding hydrogens is 294 g/mol. The van der Waals surface area contributed by atoms with Crippen LogP contribution in [0.3, 0.4) is 0 Å². The van der Waals surface area contributed by atoms with Crippen LogP contribution in [0.4, 0.5) is 0 Å². The van der Waals surface area contributed by atoms with E-state index < -0.39 is 0 Å². The van der Waals surface area contributed by atoms with Crippen LogP contribution in [0.2, 0.25) is 0 Å². The van der Waals surface area contributed by atoms with Crippen molar-refractivity contribution in [3.05, 3.63) is 66.0 Å². The number of hydrogen-bond donors (Lipinski definition) is 1. The quantitative estimate of drug-likeness (QED) is 0.757. The van der Waals surface area contributed by atoms with Gasteiger partial charge in [-0.1, -0.05) is 35.5 Å². The molecule has 0 amide bonds. The second-order valence-electron chi connectivity index (χ2n) is 4.83. The Bertz CT molecular complexity index is 772. The van der Waals surface area contributed by atoms with E-state index in [2.05, 4.69) is 10.3 Å². The fourth-order valence-corrected chi connectivity index (χ4v) is 2.27. The second-order valence-corrected chi connectivity index (χ2v) is 4.83. The van der Waals surface area contributed by atoms with E-state index in [1.54, 1.807) is 11.8 Å². The Labute approximate surface area is 133 Å². The van der Waals surface area contributed by atoms with Gasteiger partial charge in [0, 0.05) is 0 Å². The molecule has 0 spiro atoms. The molecule has 3 rings (SSSR count). The molecule has 6 heteroatoms. The molecule has 23 heavy (non-hydrogen) atoms. The van der Waals surface area contributed by atoms with Crippen molar-refractivity contribution in [1.82, 2.24) is 15.0 Å². The molecule has 6 nitrogen and oxygen atoms in total. The molecule has 118 valence electrons. The van der Waals surface area contributed by atoms with Gasteiger partial charge in [-0.25, -0.2) is 4.68 Å². The molecule has 0 saturated carbocycles. The number of methoxy groups -OCH3 is 1. The molecule has 0 bridgehead atoms. The van der Waals surface area contributed by atoms with Gasteiger partial charge in [-0.05, 0) is 24.3 Å². The van der Waals surface area contributed by atoms with E-state index in [-0.39, 0.29) is 13.2 Å². The van der Waals surface area contributed by atoms with Gasteiger partial charge in [-0.15, -0.1) is 5.10 Å². The third-order valence-corrected chi connectivity index (χ3v) is 3.43. The second kappa shape index (κ2) is 6.93. The van der Waals surface area contributed by atoms with Crippen molar-refractivity contribution < 1.29 is 14.6 Å². The Morgan fingerprint density at radius 3 is 2.52 bits per heavy atom. The van der Waals surface area contributed by atoms with Crippen LogP contribution in [-0.4, -0.2) is 27.2 Å². The van der Waals surface area contributed by atoms with Gasteiger partial charge in [-0.3, -0.25) is 0 Å². The lowest BCUT2D eigenvalue weighted by atomic mass is 10.2. The first-order chi connectivity index (χ1) is 11.3. The molecule has 0 atom stereocenters. The Morgan fingerprint density at radius 2 is 1.78 bits per heavy atom. The molecule has 0 saturated heterocycles. The standard InChI is InChI=1S/C17H17N3O3/c1-22-17-10-6-5-9-15(17)20-16(14(11-21)18-19-20)12-23-13-7-3-2-4-8-13/h2-10,21H,11-12H2,1H3. The third kappa shape index (κ3) is 3.17. The summed E-state index contributed by atoms with van der Waals surface area (Å²) in [7, 11) is 1.60. The van der Waals surface area contributed by atoms with Gasteiger partial charge in [0.2, 0.25) is 0 Å². The van der Waals surface area contributed by atoms with Crippen LogP contribution >= 0.6 is 0 Å². The number of para-hydroxylation sites is 3. The zero-order valence-corrected chi connectivity index (χ0v) is 12.7. The Hall–Kier alpha value is -2.86. The van der Waals surface area contributed by atoms with Crippen LogP contribution in [0.1, 0.15) is 11.4 Å². The number of benzene rings is 2. The van der Waals surface area contributed by atoms with Gasteiger partial charge in [0.15, 0.2) is 0 Å². The van der Waals surface area contributed by atoms with Gasteiger partial charge < -0.3 is 14.6 Å². The van der Waals surface area contributed by atoms with E-state index in [9.17, 15) is 5.11 Å². The van der Waals surface area contributed by atoms with Crippen molar-refractivity contribution >= 4 is 0 Å². The first-order valence-corrected chi connectivity index (χ1v) is 7.19. The first-order valence-electron chi connectivity index (χ1n) is 7.19. The molecule has 0 aliphatic carbocycles. The van der Waals surface area contributed by atoms with E-state index in [1.165, 1.54) is 0 Å². The lowest BCUT2D eigenvalue weighted by Crippen LogP contribution is -2.09. The summed E-state index contributed by atoms with van der Waals surface area (Å²) >= 11 is 0. The average Bonchev–Trinajstić information content (AvgIpc) is 3.03. The zero-order valence-electron chi connectivity index (χ0n) is 12.7. The topological polar surface area (TPSA) is 69.4 Å². The van der Waals surface area contributed by atoms with Crippen molar-refractivity contribution in [1.29, 1.82) is 0 Å². The van der Waals surface area contributed by atoms with Crippen LogP contribution < -0.4 is 9.47 Å². The molecule has 0 unspecified atom stereocenters. The van der Waals surface area contributed by atoms with Crippen LogP contribution in [0.15, 0.2) is 54.6 Å². The van der Waals surface area contributed by atoms with E-state index >= 15 is 0 Å². The van der Waals surface area contributed by atoms with E-state index in [0.29, 0.717) is 17.1 Å². The van der Waals surface area contributed by atoms with Crippen LogP contribution in [0.25, 0.3) is 5.69 Å². The van der Waals surface area contributed by atoms with E-state index in [4.69, 9.17) is 9.47 Å². The number of ether oxygens (including phenoxy) is 2. The number of nitrogens with zero attached hydrogens (tertiary/aromatic N) is 3. The van der Waals surface area contributed by atoms with Crippen molar-refractivity contribution in [2.75, 3.05) is 7.11 Å². The van der Waals surface area contributed by atoms with Crippen molar-refractivity contribution in [2.45, 2.75) is 13.2 Å². The molecule has 1 N–H and O–H groups in total. The van der Waals surface area contributed by atoms with Crippen molar-refractivity contribution in [2.24, 2.45) is 0 Å². The maximum atomic E-state index is 9.50. The Balaban J connectivity index is 1.94. The Morgan fingerprint density at radius 1 is 1.04 bits per heavy atom. The zero-order chi connectivity index (χ0) is 16.1. The average molecular weight is 311 g/mol. The third-order valence-electron chi connectivity index (χ3n) is 3.43. The minimum atomic E-state index is -0.206. The normalized spacial score (nSPS) is 10.5. The molecule has 0 radical (unpaired) electrons. The molecule has 0 aliphatic heterocycles. The smallest absolute Gasteiger partial charge is 0.144 e. The fourth-order valence-electron chi connectivity index (χ4n) is 2.27. The summed E-state index contributed by atoms with van der Waals surface area (Å²) in [5.41, 5.74) is 1.90. The van der Waals surface area contributed by atoms with E-state index in [1.807, 2.05) is 54.6 Å². The predicted octanol–water partition coefficient (Wildman–Crippen LogP) is 2.35. The highest BCUT2D eigenvalue weighted by Crippen LogP contribution is 2.24. The summed E-state index contributed by atoms with van der Waals surface area (Å²) in [5.74, 6) is 1.41. The summed E-state index contributed by atoms with van der Waals surface area (Å²) < 4.78 is 12.8. The molecule has 2 aromatic carbocycles. The maximum absolute atomic E-state index is 9.50. The van der Waals surface area contributed by atoms with Gasteiger partial charge in [0.1, 0.15) is 35.2 Å². The van der Waals surface area contributed by atoms with Crippen LogP contribution in [-0.2, 0) is 13.2 Å². The van der Waals surface area contributed by atoms with E-state index in [0.717, 1.165) is 11.4 Å². The Kier molecular flexibility index (Phi) is 4.54. The summed E-state index contributed by atoms with van der Waals surface area (Å²) in [5, 5.41) is 17.7. The van der Waals surface area contributed by atoms with Crippen LogP contribution in [0.5, 0.6) is 11.5 Å². The largest absolute Gasteiger partial charge is 0.494 e. The van der Waals surface area contributed by atoms with Crippen molar-refractivity contribution in [3.63, 3.8) is 0 Å². The molecular formula is C17H17N3O3. The highest BCUT2D eigenvalue weighted by atomic mass is 16.5. The SMILES string of the molecule is COc1ccccc1-n1nnc(CO)c1COc1ccccc1. The molecule has 0 aliphatic rings. The van der Waals surface area contributed by atoms with Gasteiger partial charge in [0.05, 0.1) is 13.7 Å². The number of hydrogen-bond acceptors (Lipinski definition) is 5. The molecule has 1 heterocycles. The molecule has 3 aromatic rings. The van der Waals surface area contributed by atoms with Gasteiger partial charge in [-0.2, -0.15) is 0 Å². The molecule has 1 aromatic heterocycles. The summed E-state index contributed by atoms with van der Waals surface area (Å²) in [6.45, 7) is 0.0353. The monoisotopic (exact) mass is 311 g/mol.